The van der Waals surface area contributed by atoms with Gasteiger partial charge in [-0.3, -0.25) is 5.32 Å². The first-order valence-corrected chi connectivity index (χ1v) is 4.41. The second-order valence-corrected chi connectivity index (χ2v) is 3.78. The molecule has 78 valence electrons. The SMILES string of the molecule is CCC(NC(=O)OC(C)(C)C)OC. The molecule has 0 aliphatic carbocycles. The largest absolute Gasteiger partial charge is 0.444 e. The first kappa shape index (κ1) is 12.2. The summed E-state index contributed by atoms with van der Waals surface area (Å²) in [5, 5.41) is 2.59. The third-order valence-electron chi connectivity index (χ3n) is 1.33. The molecule has 0 bridgehead atoms. The molecule has 0 radical (unpaired) electrons. The van der Waals surface area contributed by atoms with Gasteiger partial charge in [0.25, 0.3) is 0 Å². The van der Waals surface area contributed by atoms with Gasteiger partial charge >= 0.3 is 6.09 Å². The van der Waals surface area contributed by atoms with Crippen molar-refractivity contribution in [2.45, 2.75) is 45.9 Å². The molecule has 0 aliphatic rings. The Labute approximate surface area is 79.6 Å². The number of hydrogen-bond donors (Lipinski definition) is 1. The van der Waals surface area contributed by atoms with Crippen molar-refractivity contribution in [1.29, 1.82) is 0 Å². The van der Waals surface area contributed by atoms with Crippen LogP contribution in [-0.4, -0.2) is 25.0 Å². The third kappa shape index (κ3) is 6.40. The van der Waals surface area contributed by atoms with Crippen LogP contribution >= 0.6 is 0 Å². The fraction of sp³-hybridized carbons (Fsp3) is 0.889. The Balaban J connectivity index is 3.86. The highest BCUT2D eigenvalue weighted by Gasteiger charge is 2.18. The Hall–Kier alpha value is -0.770. The minimum Gasteiger partial charge on any atom is -0.444 e. The van der Waals surface area contributed by atoms with Gasteiger partial charge in [0.2, 0.25) is 0 Å². The van der Waals surface area contributed by atoms with Crippen LogP contribution < -0.4 is 5.32 Å². The molecule has 1 N–H and O–H groups in total. The summed E-state index contributed by atoms with van der Waals surface area (Å²) >= 11 is 0. The number of alkyl carbamates (subject to hydrolysis) is 1. The average molecular weight is 189 g/mol. The van der Waals surface area contributed by atoms with Crippen molar-refractivity contribution >= 4 is 6.09 Å². The van der Waals surface area contributed by atoms with Gasteiger partial charge in [0.1, 0.15) is 11.8 Å². The number of rotatable bonds is 3. The maximum atomic E-state index is 11.2. The van der Waals surface area contributed by atoms with Crippen molar-refractivity contribution < 1.29 is 14.3 Å². The third-order valence-corrected chi connectivity index (χ3v) is 1.33. The van der Waals surface area contributed by atoms with Crippen LogP contribution in [0.2, 0.25) is 0 Å². The van der Waals surface area contributed by atoms with E-state index >= 15 is 0 Å². The minimum absolute atomic E-state index is 0.269. The number of amides is 1. The molecule has 0 fully saturated rings. The molecule has 0 aromatic heterocycles. The van der Waals surface area contributed by atoms with Gasteiger partial charge in [0.15, 0.2) is 0 Å². The van der Waals surface area contributed by atoms with Crippen LogP contribution in [0.1, 0.15) is 34.1 Å². The second kappa shape index (κ2) is 5.07. The van der Waals surface area contributed by atoms with Gasteiger partial charge in [0.05, 0.1) is 0 Å². The van der Waals surface area contributed by atoms with E-state index < -0.39 is 11.7 Å². The van der Waals surface area contributed by atoms with E-state index in [0.717, 1.165) is 6.42 Å². The maximum Gasteiger partial charge on any atom is 0.409 e. The van der Waals surface area contributed by atoms with E-state index in [9.17, 15) is 4.79 Å². The zero-order valence-corrected chi connectivity index (χ0v) is 9.01. The van der Waals surface area contributed by atoms with Gasteiger partial charge in [-0.25, -0.2) is 4.79 Å². The van der Waals surface area contributed by atoms with Crippen molar-refractivity contribution in [3.8, 4) is 0 Å². The lowest BCUT2D eigenvalue weighted by atomic mass is 10.2. The molecule has 0 rings (SSSR count). The second-order valence-electron chi connectivity index (χ2n) is 3.78. The smallest absolute Gasteiger partial charge is 0.409 e. The summed E-state index contributed by atoms with van der Waals surface area (Å²) in [7, 11) is 1.55. The highest BCUT2D eigenvalue weighted by atomic mass is 16.6. The molecule has 0 aromatic carbocycles. The van der Waals surface area contributed by atoms with E-state index in [4.69, 9.17) is 9.47 Å². The Morgan fingerprint density at radius 2 is 2.00 bits per heavy atom. The van der Waals surface area contributed by atoms with E-state index in [1.54, 1.807) is 7.11 Å². The summed E-state index contributed by atoms with van der Waals surface area (Å²) in [6.07, 6.45) is 0.00601. The molecule has 0 spiro atoms. The standard InChI is InChI=1S/C9H19NO3/c1-6-7(12-5)10-8(11)13-9(2,3)4/h7H,6H2,1-5H3,(H,10,11). The molecule has 4 heteroatoms. The van der Waals surface area contributed by atoms with Gasteiger partial charge < -0.3 is 9.47 Å². The van der Waals surface area contributed by atoms with Gasteiger partial charge in [-0.2, -0.15) is 0 Å². The molecule has 0 aromatic rings. The topological polar surface area (TPSA) is 47.6 Å². The summed E-state index contributed by atoms with van der Waals surface area (Å²) in [5.41, 5.74) is -0.462. The highest BCUT2D eigenvalue weighted by molar-refractivity contribution is 5.67. The predicted molar refractivity (Wildman–Crippen MR) is 50.5 cm³/mol. The van der Waals surface area contributed by atoms with Crippen molar-refractivity contribution in [1.82, 2.24) is 5.32 Å². The minimum atomic E-state index is -0.462. The molecule has 1 unspecified atom stereocenters. The first-order valence-electron chi connectivity index (χ1n) is 4.41. The summed E-state index contributed by atoms with van der Waals surface area (Å²) in [4.78, 5) is 11.2. The Morgan fingerprint density at radius 1 is 1.46 bits per heavy atom. The van der Waals surface area contributed by atoms with Crippen LogP contribution in [0.25, 0.3) is 0 Å². The molecular formula is C9H19NO3. The van der Waals surface area contributed by atoms with Crippen LogP contribution in [0.3, 0.4) is 0 Å². The zero-order chi connectivity index (χ0) is 10.5. The summed E-state index contributed by atoms with van der Waals surface area (Å²) in [6, 6.07) is 0. The van der Waals surface area contributed by atoms with E-state index in [2.05, 4.69) is 5.32 Å². The number of carbonyl (C=O) groups is 1. The molecule has 4 nitrogen and oxygen atoms in total. The van der Waals surface area contributed by atoms with Crippen LogP contribution in [0.15, 0.2) is 0 Å². The quantitative estimate of drug-likeness (QED) is 0.690. The fourth-order valence-electron chi connectivity index (χ4n) is 0.767. The Bertz CT molecular complexity index is 159. The molecule has 13 heavy (non-hydrogen) atoms. The molecule has 1 atom stereocenters. The van der Waals surface area contributed by atoms with Crippen molar-refractivity contribution in [2.75, 3.05) is 7.11 Å². The maximum absolute atomic E-state index is 11.2. The van der Waals surface area contributed by atoms with E-state index in [1.807, 2.05) is 27.7 Å². The molecule has 0 saturated carbocycles. The van der Waals surface area contributed by atoms with Crippen molar-refractivity contribution in [3.63, 3.8) is 0 Å². The van der Waals surface area contributed by atoms with E-state index in [-0.39, 0.29) is 6.23 Å². The molecular weight excluding hydrogens is 170 g/mol. The number of methoxy groups -OCH3 is 1. The Morgan fingerprint density at radius 3 is 2.31 bits per heavy atom. The predicted octanol–water partition coefficient (Wildman–Crippen LogP) is 1.89. The molecule has 1 amide bonds. The monoisotopic (exact) mass is 189 g/mol. The zero-order valence-electron chi connectivity index (χ0n) is 9.01. The van der Waals surface area contributed by atoms with Crippen LogP contribution in [0.5, 0.6) is 0 Å². The summed E-state index contributed by atoms with van der Waals surface area (Å²) in [5.74, 6) is 0. The van der Waals surface area contributed by atoms with Gasteiger partial charge in [-0.05, 0) is 27.2 Å². The van der Waals surface area contributed by atoms with Crippen LogP contribution in [0.4, 0.5) is 4.79 Å². The fourth-order valence-corrected chi connectivity index (χ4v) is 0.767. The highest BCUT2D eigenvalue weighted by Crippen LogP contribution is 2.07. The Kier molecular flexibility index (Phi) is 4.77. The lowest BCUT2D eigenvalue weighted by Crippen LogP contribution is -2.39. The van der Waals surface area contributed by atoms with Gasteiger partial charge in [0, 0.05) is 7.11 Å². The number of hydrogen-bond acceptors (Lipinski definition) is 3. The van der Waals surface area contributed by atoms with Crippen molar-refractivity contribution in [2.24, 2.45) is 0 Å². The normalized spacial score (nSPS) is 13.6. The lowest BCUT2D eigenvalue weighted by Gasteiger charge is -2.22. The van der Waals surface area contributed by atoms with Crippen molar-refractivity contribution in [3.05, 3.63) is 0 Å². The lowest BCUT2D eigenvalue weighted by molar-refractivity contribution is 0.0228. The van der Waals surface area contributed by atoms with E-state index in [1.165, 1.54) is 0 Å². The van der Waals surface area contributed by atoms with Gasteiger partial charge in [-0.15, -0.1) is 0 Å². The van der Waals surface area contributed by atoms with Crippen LogP contribution in [0, 0.1) is 0 Å². The summed E-state index contributed by atoms with van der Waals surface area (Å²) < 4.78 is 10.0. The van der Waals surface area contributed by atoms with E-state index in [0.29, 0.717) is 0 Å². The average Bonchev–Trinajstić information content (AvgIpc) is 1.96. The summed E-state index contributed by atoms with van der Waals surface area (Å²) in [6.45, 7) is 7.38. The molecule has 0 saturated heterocycles. The molecule has 0 heterocycles. The van der Waals surface area contributed by atoms with Gasteiger partial charge in [-0.1, -0.05) is 6.92 Å². The van der Waals surface area contributed by atoms with Crippen LogP contribution in [-0.2, 0) is 9.47 Å². The number of carbonyl (C=O) groups excluding carboxylic acids is 1. The molecule has 0 aliphatic heterocycles. The number of ether oxygens (including phenoxy) is 2. The number of nitrogens with one attached hydrogen (secondary N) is 1. The first-order chi connectivity index (χ1) is 5.89.